The zero-order valence-corrected chi connectivity index (χ0v) is 47.7. The van der Waals surface area contributed by atoms with Crippen LogP contribution in [0, 0.1) is 10.1 Å². The van der Waals surface area contributed by atoms with Crippen molar-refractivity contribution in [2.75, 3.05) is 103 Å². The molecule has 2 heterocycles. The first kappa shape index (κ1) is 61.5. The normalized spacial score (nSPS) is 13.1. The third kappa shape index (κ3) is 19.6. The van der Waals surface area contributed by atoms with Crippen molar-refractivity contribution in [3.05, 3.63) is 74.9 Å². The van der Waals surface area contributed by atoms with E-state index >= 15 is 0 Å². The van der Waals surface area contributed by atoms with Crippen molar-refractivity contribution >= 4 is 80.6 Å². The van der Waals surface area contributed by atoms with Gasteiger partial charge in [0.25, 0.3) is 0 Å². The minimum atomic E-state index is -4.12. The highest BCUT2D eigenvalue weighted by atomic mass is 32.2. The number of phosphoric acid groups is 1. The zero-order chi connectivity index (χ0) is 55.9. The van der Waals surface area contributed by atoms with Gasteiger partial charge >= 0.3 is 19.5 Å². The smallest absolute Gasteiger partial charge is 0.475 e. The maximum Gasteiger partial charge on any atom is 0.475 e. The molecule has 0 bridgehead atoms. The number of ether oxygens (including phenoxy) is 3. The molecule has 2 atom stereocenters. The second kappa shape index (κ2) is 31.2. The number of hydrogen-bond acceptors (Lipinski definition) is 20. The van der Waals surface area contributed by atoms with E-state index in [9.17, 15) is 29.1 Å². The molecule has 6 rings (SSSR count). The van der Waals surface area contributed by atoms with E-state index in [1.807, 2.05) is 39.3 Å². The van der Waals surface area contributed by atoms with Crippen molar-refractivity contribution in [1.29, 1.82) is 0 Å². The highest BCUT2D eigenvalue weighted by Crippen LogP contribution is 2.49. The number of fused-ring (bicyclic) bond motifs is 5. The van der Waals surface area contributed by atoms with E-state index in [1.165, 1.54) is 19.1 Å². The summed E-state index contributed by atoms with van der Waals surface area (Å²) < 4.78 is 60.4. The molecular formula is C55H77N7O14PS+. The average Bonchev–Trinajstić information content (AvgIpc) is 3.91. The van der Waals surface area contributed by atoms with Gasteiger partial charge in [-0.25, -0.2) is 14.2 Å². The van der Waals surface area contributed by atoms with Crippen LogP contribution in [0.15, 0.2) is 68.4 Å². The molecule has 23 heteroatoms. The number of anilines is 2. The Bertz CT molecular complexity index is 2950. The number of aromatic nitrogens is 3. The summed E-state index contributed by atoms with van der Waals surface area (Å²) in [5, 5.41) is 23.1. The Kier molecular flexibility index (Phi) is 24.6. The van der Waals surface area contributed by atoms with Crippen LogP contribution in [0.5, 0.6) is 5.75 Å². The maximum atomic E-state index is 13.8. The van der Waals surface area contributed by atoms with E-state index in [1.54, 1.807) is 24.3 Å². The summed E-state index contributed by atoms with van der Waals surface area (Å²) in [6.07, 6.45) is 10.7. The number of non-ortho nitro benzene ring substituents is 1. The van der Waals surface area contributed by atoms with E-state index in [-0.39, 0.29) is 60.3 Å². The van der Waals surface area contributed by atoms with E-state index in [0.29, 0.717) is 93.9 Å². The molecule has 1 aliphatic heterocycles. The molecule has 0 saturated carbocycles. The molecule has 1 N–H and O–H groups in total. The predicted molar refractivity (Wildman–Crippen MR) is 303 cm³/mol. The van der Waals surface area contributed by atoms with Gasteiger partial charge in [0.1, 0.15) is 36.2 Å². The lowest BCUT2D eigenvalue weighted by atomic mass is 10.0. The molecule has 3 aromatic carbocycles. The van der Waals surface area contributed by atoms with Crippen LogP contribution in [-0.4, -0.2) is 135 Å². The van der Waals surface area contributed by atoms with Gasteiger partial charge in [-0.2, -0.15) is 0 Å². The first-order chi connectivity index (χ1) is 37.6. The van der Waals surface area contributed by atoms with Crippen molar-refractivity contribution in [3.63, 3.8) is 0 Å². The number of nitrogens with zero attached hydrogens (tertiary/aromatic N) is 6. The van der Waals surface area contributed by atoms with Crippen LogP contribution in [-0.2, 0) is 37.2 Å². The van der Waals surface area contributed by atoms with Crippen LogP contribution in [0.1, 0.15) is 104 Å². The molecule has 0 fully saturated rings. The van der Waals surface area contributed by atoms with E-state index in [4.69, 9.17) is 41.8 Å². The number of esters is 1. The fourth-order valence-electron chi connectivity index (χ4n) is 8.61. The van der Waals surface area contributed by atoms with Gasteiger partial charge < -0.3 is 33.3 Å². The Morgan fingerprint density at radius 1 is 0.808 bits per heavy atom. The highest BCUT2D eigenvalue weighted by Gasteiger charge is 2.31. The Labute approximate surface area is 460 Å². The van der Waals surface area contributed by atoms with Crippen LogP contribution < -0.4 is 20.4 Å². The first-order valence-electron chi connectivity index (χ1n) is 27.1. The number of unbranched alkanes of at least 4 members (excludes halogenated alkanes) is 10. The molecular weight excluding hydrogens is 1050 g/mol. The minimum absolute atomic E-state index is 0.0100. The molecule has 0 amide bonds. The average molecular weight is 1120 g/mol. The van der Waals surface area contributed by atoms with Gasteiger partial charge in [0.2, 0.25) is 5.52 Å². The number of nitro benzene ring substituents is 1. The standard InChI is InChI=1S/C55H77N7O14PS/c1-7-60(8-2)41-22-25-46-50(35-41)75-51-37-49(64)44-24-23-42(36-45(44)53(51)57-46)70-31-20-17-21-52(65)74-43(39-73-77(68,71-32-29-62(4,5)6)72-33-34-78-40(3)63)38-69-30-19-16-14-12-10-9-11-13-15-18-28-56-47-26-27-48(61(66)67)55-54(47)58-76-59-55/h22-27,35-37,43,56H,7-21,28-34,38-39H2,1-6H3/q+1. The lowest BCUT2D eigenvalue weighted by Crippen LogP contribution is -2.37. The number of hydrogen-bond donors (Lipinski definition) is 1. The van der Waals surface area contributed by atoms with Crippen LogP contribution >= 0.6 is 19.6 Å². The topological polar surface area (TPSA) is 247 Å². The lowest BCUT2D eigenvalue weighted by Gasteiger charge is -2.26. The van der Waals surface area contributed by atoms with Gasteiger partial charge in [-0.05, 0) is 86.2 Å². The number of thioether (sulfide) groups is 1. The molecule has 426 valence electrons. The van der Waals surface area contributed by atoms with E-state index < -0.39 is 24.8 Å². The van der Waals surface area contributed by atoms with Crippen LogP contribution in [0.3, 0.4) is 0 Å². The number of phosphoric ester groups is 1. The summed E-state index contributed by atoms with van der Waals surface area (Å²) in [6, 6.07) is 15.7. The monoisotopic (exact) mass is 1120 g/mol. The van der Waals surface area contributed by atoms with Gasteiger partial charge in [0.15, 0.2) is 27.4 Å². The number of carbonyl (C=O) groups is 2. The first-order valence-corrected chi connectivity index (χ1v) is 29.6. The number of benzene rings is 4. The third-order valence-electron chi connectivity index (χ3n) is 12.9. The Hall–Kier alpha value is -5.74. The number of carbonyl (C=O) groups excluding carboxylic acids is 2. The number of nitrogens with one attached hydrogen (secondary N) is 1. The number of likely N-dealkylation sites (N-methyl/N-ethyl adjacent to an activating group) is 1. The molecule has 21 nitrogen and oxygen atoms in total. The minimum Gasteiger partial charge on any atom is -0.494 e. The summed E-state index contributed by atoms with van der Waals surface area (Å²) in [7, 11) is 1.80. The SMILES string of the molecule is CCN(CC)c1ccc2nc3c4cc(OCCCCC(=O)OC(COCCCCCCCCCCCCNc5ccc([N+](=O)[O-])c6nonc56)COP(=O)(OCCSC(C)=O)OCC[N+](C)(C)C)ccc4c(=O)cc-3oc2c1. The fourth-order valence-corrected chi connectivity index (χ4v) is 10.4. The quantitative estimate of drug-likeness (QED) is 0.00553. The summed E-state index contributed by atoms with van der Waals surface area (Å²) >= 11 is 1.04. The predicted octanol–water partition coefficient (Wildman–Crippen LogP) is 11.4. The summed E-state index contributed by atoms with van der Waals surface area (Å²) in [4.78, 5) is 55.8. The van der Waals surface area contributed by atoms with E-state index in [2.05, 4.69) is 34.4 Å². The van der Waals surface area contributed by atoms with Crippen molar-refractivity contribution < 1.29 is 60.4 Å². The molecule has 78 heavy (non-hydrogen) atoms. The van der Waals surface area contributed by atoms with Crippen molar-refractivity contribution in [3.8, 4) is 17.2 Å². The van der Waals surface area contributed by atoms with Gasteiger partial charge in [0, 0.05) is 80.0 Å². The number of quaternary nitrogens is 1. The van der Waals surface area contributed by atoms with Gasteiger partial charge in [-0.3, -0.25) is 38.1 Å². The molecule has 0 radical (unpaired) electrons. The van der Waals surface area contributed by atoms with Crippen LogP contribution in [0.25, 0.3) is 44.4 Å². The van der Waals surface area contributed by atoms with Gasteiger partial charge in [-0.15, -0.1) is 0 Å². The van der Waals surface area contributed by atoms with Crippen molar-refractivity contribution in [1.82, 2.24) is 15.3 Å². The molecule has 4 aromatic rings. The second-order valence-corrected chi connectivity index (χ2v) is 23.0. The van der Waals surface area contributed by atoms with Gasteiger partial charge in [-0.1, -0.05) is 63.1 Å². The lowest BCUT2D eigenvalue weighted by molar-refractivity contribution is -0.870. The zero-order valence-electron chi connectivity index (χ0n) is 46.0. The molecule has 0 spiro atoms. The summed E-state index contributed by atoms with van der Waals surface area (Å²) in [5.74, 6) is 0.713. The number of nitro groups is 1. The van der Waals surface area contributed by atoms with Crippen molar-refractivity contribution in [2.45, 2.75) is 110 Å². The van der Waals surface area contributed by atoms with Crippen LogP contribution in [0.4, 0.5) is 17.1 Å². The maximum absolute atomic E-state index is 13.8. The second-order valence-electron chi connectivity index (χ2n) is 20.0. The Morgan fingerprint density at radius 2 is 1.51 bits per heavy atom. The van der Waals surface area contributed by atoms with Gasteiger partial charge in [0.05, 0.1) is 58.2 Å². The van der Waals surface area contributed by atoms with E-state index in [0.717, 1.165) is 94.7 Å². The molecule has 1 aliphatic carbocycles. The molecule has 1 aromatic heterocycles. The molecule has 2 aliphatic rings. The largest absolute Gasteiger partial charge is 0.494 e. The number of rotatable bonds is 38. The Balaban J connectivity index is 0.929. The van der Waals surface area contributed by atoms with Crippen LogP contribution in [0.2, 0.25) is 0 Å². The highest BCUT2D eigenvalue weighted by molar-refractivity contribution is 8.13. The summed E-state index contributed by atoms with van der Waals surface area (Å²) in [6.45, 7) is 9.03. The molecule has 0 saturated heterocycles. The third-order valence-corrected chi connectivity index (χ3v) is 15.1. The fraction of sp³-hybridized carbons (Fsp3) is 0.564. The van der Waals surface area contributed by atoms with Crippen molar-refractivity contribution in [2.24, 2.45) is 0 Å². The molecule has 2 unspecified atom stereocenters. The Morgan fingerprint density at radius 3 is 2.23 bits per heavy atom. The summed E-state index contributed by atoms with van der Waals surface area (Å²) in [5.41, 5.74) is 3.68.